The van der Waals surface area contributed by atoms with Gasteiger partial charge in [-0.3, -0.25) is 4.57 Å². The first-order valence-corrected chi connectivity index (χ1v) is 10.5. The lowest BCUT2D eigenvalue weighted by molar-refractivity contribution is 0.0115. The number of benzene rings is 2. The van der Waals surface area contributed by atoms with Gasteiger partial charge < -0.3 is 15.1 Å². The summed E-state index contributed by atoms with van der Waals surface area (Å²) in [5.74, 6) is 0.795. The van der Waals surface area contributed by atoms with Crippen LogP contribution in [-0.4, -0.2) is 42.8 Å². The molecule has 1 fully saturated rings. The smallest absolute Gasteiger partial charge is 0.227 e. The molecule has 32 heavy (non-hydrogen) atoms. The molecule has 8 nitrogen and oxygen atoms in total. The van der Waals surface area contributed by atoms with Crippen LogP contribution in [0.5, 0.6) is 5.75 Å². The molecule has 1 aliphatic heterocycles. The standard InChI is InChI=1S/C24H22N6O2/c1-16-21-22(30(15-26-21)19-6-2-17(14-25)3-7-19)28-23(27-16)29-12-10-24(32,11-13-29)18-4-8-20(31)9-5-18/h2-9,15,31-32H,10-13H2,1H3. The molecule has 5 rings (SSSR count). The second kappa shape index (κ2) is 7.62. The van der Waals surface area contributed by atoms with Crippen molar-refractivity contribution in [1.82, 2.24) is 19.5 Å². The minimum atomic E-state index is -0.937. The normalized spacial score (nSPS) is 15.6. The monoisotopic (exact) mass is 426 g/mol. The van der Waals surface area contributed by atoms with E-state index in [0.717, 1.165) is 22.5 Å². The second-order valence-corrected chi connectivity index (χ2v) is 8.12. The molecule has 4 aromatic rings. The molecule has 3 heterocycles. The largest absolute Gasteiger partial charge is 0.508 e. The average molecular weight is 426 g/mol. The van der Waals surface area contributed by atoms with Crippen molar-refractivity contribution in [2.75, 3.05) is 18.0 Å². The van der Waals surface area contributed by atoms with Gasteiger partial charge in [0.1, 0.15) is 17.6 Å². The number of nitriles is 1. The fourth-order valence-electron chi connectivity index (χ4n) is 4.19. The number of aryl methyl sites for hydroxylation is 1. The minimum absolute atomic E-state index is 0.186. The molecule has 1 saturated heterocycles. The lowest BCUT2D eigenvalue weighted by Crippen LogP contribution is -2.43. The Hall–Kier alpha value is -3.96. The molecule has 1 aliphatic rings. The number of rotatable bonds is 3. The Balaban J connectivity index is 1.44. The van der Waals surface area contributed by atoms with E-state index in [1.807, 2.05) is 23.6 Å². The third kappa shape index (κ3) is 3.43. The van der Waals surface area contributed by atoms with Crippen LogP contribution in [0.4, 0.5) is 5.95 Å². The number of piperidine rings is 1. The van der Waals surface area contributed by atoms with Crippen molar-refractivity contribution in [1.29, 1.82) is 5.26 Å². The van der Waals surface area contributed by atoms with Crippen LogP contribution in [0.15, 0.2) is 54.9 Å². The Kier molecular flexibility index (Phi) is 4.76. The minimum Gasteiger partial charge on any atom is -0.508 e. The van der Waals surface area contributed by atoms with E-state index in [4.69, 9.17) is 10.2 Å². The summed E-state index contributed by atoms with van der Waals surface area (Å²) in [5, 5.41) is 29.7. The van der Waals surface area contributed by atoms with Gasteiger partial charge in [0.2, 0.25) is 5.95 Å². The van der Waals surface area contributed by atoms with Crippen molar-refractivity contribution < 1.29 is 10.2 Å². The van der Waals surface area contributed by atoms with Crippen LogP contribution in [0, 0.1) is 18.3 Å². The lowest BCUT2D eigenvalue weighted by atomic mass is 9.84. The molecule has 0 unspecified atom stereocenters. The van der Waals surface area contributed by atoms with Crippen molar-refractivity contribution in [3.8, 4) is 17.5 Å². The van der Waals surface area contributed by atoms with Crippen LogP contribution in [0.2, 0.25) is 0 Å². The summed E-state index contributed by atoms with van der Waals surface area (Å²) in [4.78, 5) is 16.0. The molecule has 0 aliphatic carbocycles. The second-order valence-electron chi connectivity index (χ2n) is 8.12. The first-order valence-electron chi connectivity index (χ1n) is 10.5. The van der Waals surface area contributed by atoms with Crippen molar-refractivity contribution in [2.45, 2.75) is 25.4 Å². The van der Waals surface area contributed by atoms with Crippen LogP contribution < -0.4 is 4.90 Å². The maximum absolute atomic E-state index is 11.1. The molecule has 2 aromatic heterocycles. The van der Waals surface area contributed by atoms with Crippen LogP contribution in [0.25, 0.3) is 16.9 Å². The Morgan fingerprint density at radius 2 is 1.69 bits per heavy atom. The number of nitrogens with zero attached hydrogens (tertiary/aromatic N) is 6. The maximum Gasteiger partial charge on any atom is 0.227 e. The van der Waals surface area contributed by atoms with Crippen molar-refractivity contribution in [2.24, 2.45) is 0 Å². The highest BCUT2D eigenvalue weighted by molar-refractivity contribution is 5.76. The highest BCUT2D eigenvalue weighted by Crippen LogP contribution is 2.35. The number of aromatic nitrogens is 4. The zero-order chi connectivity index (χ0) is 22.3. The lowest BCUT2D eigenvalue weighted by Gasteiger charge is -2.38. The third-order valence-electron chi connectivity index (χ3n) is 6.11. The van der Waals surface area contributed by atoms with E-state index in [1.54, 1.807) is 42.7 Å². The van der Waals surface area contributed by atoms with Crippen LogP contribution >= 0.6 is 0 Å². The molecule has 0 amide bonds. The van der Waals surface area contributed by atoms with Gasteiger partial charge in [0.15, 0.2) is 5.65 Å². The molecular weight excluding hydrogens is 404 g/mol. The SMILES string of the molecule is Cc1nc(N2CCC(O)(c3ccc(O)cc3)CC2)nc2c1ncn2-c1ccc(C#N)cc1. The molecule has 8 heteroatoms. The molecular formula is C24H22N6O2. The molecule has 0 bridgehead atoms. The van der Waals surface area contributed by atoms with Gasteiger partial charge in [0.05, 0.1) is 22.9 Å². The predicted molar refractivity (Wildman–Crippen MR) is 120 cm³/mol. The van der Waals surface area contributed by atoms with Crippen LogP contribution in [0.1, 0.15) is 29.7 Å². The summed E-state index contributed by atoms with van der Waals surface area (Å²) < 4.78 is 1.89. The van der Waals surface area contributed by atoms with Gasteiger partial charge in [-0.25, -0.2) is 9.97 Å². The number of phenolic OH excluding ortho intramolecular Hbond substituents is 1. The van der Waals surface area contributed by atoms with Crippen LogP contribution in [-0.2, 0) is 5.60 Å². The number of aromatic hydroxyl groups is 1. The number of imidazole rings is 1. The van der Waals surface area contributed by atoms with Gasteiger partial charge in [0.25, 0.3) is 0 Å². The van der Waals surface area contributed by atoms with E-state index in [9.17, 15) is 10.2 Å². The fourth-order valence-corrected chi connectivity index (χ4v) is 4.19. The Morgan fingerprint density at radius 1 is 1.00 bits per heavy atom. The quantitative estimate of drug-likeness (QED) is 0.517. The van der Waals surface area contributed by atoms with Crippen LogP contribution in [0.3, 0.4) is 0 Å². The summed E-state index contributed by atoms with van der Waals surface area (Å²) in [6.45, 7) is 3.13. The summed E-state index contributed by atoms with van der Waals surface area (Å²) in [5.41, 5.74) is 3.56. The fraction of sp³-hybridized carbons (Fsp3) is 0.250. The number of hydrogen-bond acceptors (Lipinski definition) is 7. The summed E-state index contributed by atoms with van der Waals surface area (Å²) >= 11 is 0. The first kappa shape index (κ1) is 20.0. The Morgan fingerprint density at radius 3 is 2.34 bits per heavy atom. The summed E-state index contributed by atoms with van der Waals surface area (Å²) in [6, 6.07) is 16.2. The van der Waals surface area contributed by atoms with Gasteiger partial charge in [0, 0.05) is 18.8 Å². The average Bonchev–Trinajstić information content (AvgIpc) is 3.24. The molecule has 2 N–H and O–H groups in total. The summed E-state index contributed by atoms with van der Waals surface area (Å²) in [6.07, 6.45) is 2.79. The molecule has 0 spiro atoms. The number of anilines is 1. The topological polar surface area (TPSA) is 111 Å². The van der Waals surface area contributed by atoms with E-state index >= 15 is 0 Å². The van der Waals surface area contributed by atoms with E-state index in [0.29, 0.717) is 43.1 Å². The van der Waals surface area contributed by atoms with E-state index in [-0.39, 0.29) is 5.75 Å². The highest BCUT2D eigenvalue weighted by atomic mass is 16.3. The third-order valence-corrected chi connectivity index (χ3v) is 6.11. The maximum atomic E-state index is 11.1. The van der Waals surface area contributed by atoms with Gasteiger partial charge in [-0.1, -0.05) is 12.1 Å². The zero-order valence-electron chi connectivity index (χ0n) is 17.6. The van der Waals surface area contributed by atoms with E-state index < -0.39 is 5.60 Å². The Bertz CT molecular complexity index is 1310. The first-order chi connectivity index (χ1) is 15.5. The number of phenols is 1. The van der Waals surface area contributed by atoms with Gasteiger partial charge >= 0.3 is 0 Å². The van der Waals surface area contributed by atoms with Gasteiger partial charge in [-0.15, -0.1) is 0 Å². The number of aliphatic hydroxyl groups is 1. The molecule has 160 valence electrons. The van der Waals surface area contributed by atoms with Crippen molar-refractivity contribution in [3.63, 3.8) is 0 Å². The predicted octanol–water partition coefficient (Wildman–Crippen LogP) is 3.19. The van der Waals surface area contributed by atoms with Crippen molar-refractivity contribution >= 4 is 17.1 Å². The van der Waals surface area contributed by atoms with Gasteiger partial charge in [-0.05, 0) is 61.7 Å². The zero-order valence-corrected chi connectivity index (χ0v) is 17.6. The van der Waals surface area contributed by atoms with Gasteiger partial charge in [-0.2, -0.15) is 10.2 Å². The molecule has 0 atom stereocenters. The molecule has 0 saturated carbocycles. The molecule has 0 radical (unpaired) electrons. The summed E-state index contributed by atoms with van der Waals surface area (Å²) in [7, 11) is 0. The van der Waals surface area contributed by atoms with E-state index in [2.05, 4.69) is 20.9 Å². The van der Waals surface area contributed by atoms with E-state index in [1.165, 1.54) is 0 Å². The van der Waals surface area contributed by atoms with Crippen molar-refractivity contribution in [3.05, 3.63) is 71.7 Å². The molecule has 2 aromatic carbocycles. The number of hydrogen-bond donors (Lipinski definition) is 2. The number of fused-ring (bicyclic) bond motifs is 1. The highest BCUT2D eigenvalue weighted by Gasteiger charge is 2.35. The Labute approximate surface area is 185 Å².